The van der Waals surface area contributed by atoms with E-state index in [4.69, 9.17) is 0 Å². The molecule has 0 aromatic rings. The topological polar surface area (TPSA) is 61.4 Å². The van der Waals surface area contributed by atoms with Crippen LogP contribution in [0.15, 0.2) is 0 Å². The molecule has 1 amide bonds. The summed E-state index contributed by atoms with van der Waals surface area (Å²) in [5.74, 6) is 0.386. The molecule has 1 unspecified atom stereocenters. The van der Waals surface area contributed by atoms with Crippen molar-refractivity contribution < 1.29 is 9.90 Å². The van der Waals surface area contributed by atoms with Gasteiger partial charge in [-0.3, -0.25) is 4.79 Å². The molecule has 0 radical (unpaired) electrons. The average Bonchev–Trinajstić information content (AvgIpc) is 2.01. The number of nitrogens with one attached hydrogen (secondary N) is 2. The molecule has 0 fully saturated rings. The van der Waals surface area contributed by atoms with Crippen molar-refractivity contribution in [1.29, 1.82) is 0 Å². The van der Waals surface area contributed by atoms with Crippen molar-refractivity contribution in [1.82, 2.24) is 10.6 Å². The van der Waals surface area contributed by atoms with Crippen molar-refractivity contribution in [3.8, 4) is 0 Å². The van der Waals surface area contributed by atoms with Gasteiger partial charge in [0.2, 0.25) is 5.91 Å². The second-order valence-electron chi connectivity index (χ2n) is 4.37. The van der Waals surface area contributed by atoms with Gasteiger partial charge in [-0.05, 0) is 19.3 Å². The summed E-state index contributed by atoms with van der Waals surface area (Å²) in [5.41, 5.74) is -0.734. The zero-order valence-electron chi connectivity index (χ0n) is 9.55. The van der Waals surface area contributed by atoms with Gasteiger partial charge in [-0.2, -0.15) is 0 Å². The predicted molar refractivity (Wildman–Crippen MR) is 57.0 cm³/mol. The fourth-order valence-electron chi connectivity index (χ4n) is 1.49. The molecule has 0 aliphatic heterocycles. The number of likely N-dealkylation sites (N-methyl/N-ethyl adjacent to an activating group) is 1. The number of carbonyl (C=O) groups excluding carboxylic acids is 1. The van der Waals surface area contributed by atoms with Gasteiger partial charge in [0.05, 0.1) is 12.1 Å². The molecule has 0 aliphatic rings. The Labute approximate surface area is 86.1 Å². The van der Waals surface area contributed by atoms with Crippen LogP contribution in [-0.2, 0) is 4.79 Å². The van der Waals surface area contributed by atoms with Gasteiger partial charge in [-0.15, -0.1) is 0 Å². The fourth-order valence-corrected chi connectivity index (χ4v) is 1.49. The standard InChI is InChI=1S/C10H22N2O2/c1-8(2)5-10(3,14)7-12-6-9(13)11-4/h8,12,14H,5-7H2,1-4H3,(H,11,13). The van der Waals surface area contributed by atoms with Gasteiger partial charge in [0.1, 0.15) is 0 Å². The SMILES string of the molecule is CNC(=O)CNCC(C)(O)CC(C)C. The van der Waals surface area contributed by atoms with E-state index < -0.39 is 5.60 Å². The summed E-state index contributed by atoms with van der Waals surface area (Å²) in [6, 6.07) is 0. The normalized spacial score (nSPS) is 15.3. The van der Waals surface area contributed by atoms with Gasteiger partial charge >= 0.3 is 0 Å². The molecule has 4 nitrogen and oxygen atoms in total. The van der Waals surface area contributed by atoms with Crippen LogP contribution in [0.5, 0.6) is 0 Å². The Morgan fingerprint density at radius 1 is 1.50 bits per heavy atom. The Balaban J connectivity index is 3.70. The maximum atomic E-state index is 10.9. The highest BCUT2D eigenvalue weighted by molar-refractivity contribution is 5.77. The molecule has 84 valence electrons. The predicted octanol–water partition coefficient (Wildman–Crippen LogP) is 0.119. The second-order valence-corrected chi connectivity index (χ2v) is 4.37. The summed E-state index contributed by atoms with van der Waals surface area (Å²) in [6.45, 7) is 6.60. The number of carbonyl (C=O) groups is 1. The largest absolute Gasteiger partial charge is 0.389 e. The Bertz CT molecular complexity index is 179. The Morgan fingerprint density at radius 3 is 2.50 bits per heavy atom. The monoisotopic (exact) mass is 202 g/mol. The van der Waals surface area contributed by atoms with Gasteiger partial charge in [0.15, 0.2) is 0 Å². The number of hydrogen-bond acceptors (Lipinski definition) is 3. The molecule has 0 saturated carbocycles. The molecule has 1 atom stereocenters. The van der Waals surface area contributed by atoms with E-state index in [2.05, 4.69) is 24.5 Å². The van der Waals surface area contributed by atoms with Crippen LogP contribution >= 0.6 is 0 Å². The molecule has 0 aromatic heterocycles. The summed E-state index contributed by atoms with van der Waals surface area (Å²) in [4.78, 5) is 10.9. The summed E-state index contributed by atoms with van der Waals surface area (Å²) >= 11 is 0. The maximum absolute atomic E-state index is 10.9. The minimum atomic E-state index is -0.734. The first-order valence-electron chi connectivity index (χ1n) is 5.01. The summed E-state index contributed by atoms with van der Waals surface area (Å²) in [6.07, 6.45) is 0.730. The fraction of sp³-hybridized carbons (Fsp3) is 0.900. The molecule has 4 heteroatoms. The molecule has 0 rings (SSSR count). The molecular formula is C10H22N2O2. The van der Waals surface area contributed by atoms with E-state index in [9.17, 15) is 9.90 Å². The third-order valence-electron chi connectivity index (χ3n) is 1.92. The first kappa shape index (κ1) is 13.4. The van der Waals surface area contributed by atoms with Crippen LogP contribution < -0.4 is 10.6 Å². The Kier molecular flexibility index (Phi) is 5.72. The van der Waals surface area contributed by atoms with Crippen molar-refractivity contribution in [3.05, 3.63) is 0 Å². The van der Waals surface area contributed by atoms with Crippen LogP contribution in [0.2, 0.25) is 0 Å². The lowest BCUT2D eigenvalue weighted by atomic mass is 9.94. The first-order chi connectivity index (χ1) is 6.37. The summed E-state index contributed by atoms with van der Waals surface area (Å²) in [7, 11) is 1.59. The molecule has 14 heavy (non-hydrogen) atoms. The quantitative estimate of drug-likeness (QED) is 0.573. The zero-order chi connectivity index (χ0) is 11.2. The molecule has 0 saturated heterocycles. The van der Waals surface area contributed by atoms with Gasteiger partial charge < -0.3 is 15.7 Å². The minimum Gasteiger partial charge on any atom is -0.389 e. The van der Waals surface area contributed by atoms with E-state index in [1.54, 1.807) is 14.0 Å². The molecule has 3 N–H and O–H groups in total. The van der Waals surface area contributed by atoms with Gasteiger partial charge in [-0.1, -0.05) is 13.8 Å². The van der Waals surface area contributed by atoms with Crippen molar-refractivity contribution in [2.45, 2.75) is 32.8 Å². The lowest BCUT2D eigenvalue weighted by Gasteiger charge is -2.25. The van der Waals surface area contributed by atoms with Gasteiger partial charge in [0.25, 0.3) is 0 Å². The molecule has 0 spiro atoms. The zero-order valence-corrected chi connectivity index (χ0v) is 9.55. The first-order valence-corrected chi connectivity index (χ1v) is 5.01. The molecule has 0 aliphatic carbocycles. The van der Waals surface area contributed by atoms with Crippen LogP contribution in [0.25, 0.3) is 0 Å². The molecule has 0 bridgehead atoms. The molecular weight excluding hydrogens is 180 g/mol. The van der Waals surface area contributed by atoms with E-state index in [1.807, 2.05) is 0 Å². The number of aliphatic hydroxyl groups is 1. The minimum absolute atomic E-state index is 0.0645. The molecule has 0 aromatic carbocycles. The van der Waals surface area contributed by atoms with E-state index in [1.165, 1.54) is 0 Å². The highest BCUT2D eigenvalue weighted by atomic mass is 16.3. The van der Waals surface area contributed by atoms with Crippen LogP contribution in [0.1, 0.15) is 27.2 Å². The summed E-state index contributed by atoms with van der Waals surface area (Å²) < 4.78 is 0. The van der Waals surface area contributed by atoms with E-state index >= 15 is 0 Å². The van der Waals surface area contributed by atoms with Crippen LogP contribution in [0.3, 0.4) is 0 Å². The highest BCUT2D eigenvalue weighted by Gasteiger charge is 2.21. The third-order valence-corrected chi connectivity index (χ3v) is 1.92. The van der Waals surface area contributed by atoms with Gasteiger partial charge in [-0.25, -0.2) is 0 Å². The Morgan fingerprint density at radius 2 is 2.07 bits per heavy atom. The van der Waals surface area contributed by atoms with Crippen LogP contribution in [0.4, 0.5) is 0 Å². The lowest BCUT2D eigenvalue weighted by molar-refractivity contribution is -0.119. The van der Waals surface area contributed by atoms with E-state index in [0.29, 0.717) is 12.5 Å². The average molecular weight is 202 g/mol. The maximum Gasteiger partial charge on any atom is 0.233 e. The van der Waals surface area contributed by atoms with Crippen molar-refractivity contribution in [3.63, 3.8) is 0 Å². The van der Waals surface area contributed by atoms with Crippen LogP contribution in [-0.4, -0.2) is 36.8 Å². The number of hydrogen-bond donors (Lipinski definition) is 3. The van der Waals surface area contributed by atoms with Crippen molar-refractivity contribution in [2.75, 3.05) is 20.1 Å². The van der Waals surface area contributed by atoms with Gasteiger partial charge in [0, 0.05) is 13.6 Å². The van der Waals surface area contributed by atoms with Crippen LogP contribution in [0, 0.1) is 5.92 Å². The number of rotatable bonds is 6. The lowest BCUT2D eigenvalue weighted by Crippen LogP contribution is -2.42. The smallest absolute Gasteiger partial charge is 0.233 e. The summed E-state index contributed by atoms with van der Waals surface area (Å²) in [5, 5.41) is 15.3. The Hall–Kier alpha value is -0.610. The van der Waals surface area contributed by atoms with E-state index in [-0.39, 0.29) is 12.5 Å². The second kappa shape index (κ2) is 5.98. The van der Waals surface area contributed by atoms with Crippen molar-refractivity contribution in [2.24, 2.45) is 5.92 Å². The highest BCUT2D eigenvalue weighted by Crippen LogP contribution is 2.14. The van der Waals surface area contributed by atoms with E-state index in [0.717, 1.165) is 6.42 Å². The van der Waals surface area contributed by atoms with Crippen molar-refractivity contribution >= 4 is 5.91 Å². The third kappa shape index (κ3) is 6.86. The number of amides is 1. The molecule has 0 heterocycles.